The predicted octanol–water partition coefficient (Wildman–Crippen LogP) is 6.03. The summed E-state index contributed by atoms with van der Waals surface area (Å²) in [5.41, 5.74) is 5.28. The van der Waals surface area contributed by atoms with E-state index in [9.17, 15) is 9.59 Å². The molecule has 4 aromatic rings. The van der Waals surface area contributed by atoms with E-state index in [-0.39, 0.29) is 25.2 Å². The number of ether oxygens (including phenoxy) is 2. The van der Waals surface area contributed by atoms with E-state index in [1.54, 1.807) is 23.1 Å². The van der Waals surface area contributed by atoms with Crippen molar-refractivity contribution < 1.29 is 19.1 Å². The Hall–Kier alpha value is -4.08. The summed E-state index contributed by atoms with van der Waals surface area (Å²) in [6, 6.07) is 19.1. The first-order chi connectivity index (χ1) is 18.4. The van der Waals surface area contributed by atoms with Crippen LogP contribution in [0.5, 0.6) is 11.5 Å². The minimum atomic E-state index is -0.183. The average molecular weight is 542 g/mol. The summed E-state index contributed by atoms with van der Waals surface area (Å²) < 4.78 is 13.1. The van der Waals surface area contributed by atoms with Gasteiger partial charge in [0.15, 0.2) is 15.8 Å². The third kappa shape index (κ3) is 4.44. The van der Waals surface area contributed by atoms with E-state index in [0.717, 1.165) is 33.3 Å². The number of benzene rings is 3. The summed E-state index contributed by atoms with van der Waals surface area (Å²) >= 11 is 6.87. The molecule has 2 amide bonds. The lowest BCUT2D eigenvalue weighted by Gasteiger charge is -2.17. The molecule has 3 aromatic carbocycles. The Morgan fingerprint density at radius 1 is 1.08 bits per heavy atom. The number of fused-ring (bicyclic) bond motifs is 2. The van der Waals surface area contributed by atoms with Gasteiger partial charge in [0.05, 0.1) is 10.6 Å². The fourth-order valence-corrected chi connectivity index (χ4v) is 6.00. The summed E-state index contributed by atoms with van der Waals surface area (Å²) in [4.78, 5) is 28.5. The van der Waals surface area contributed by atoms with Crippen LogP contribution in [0.4, 0.5) is 11.4 Å². The van der Waals surface area contributed by atoms with Crippen molar-refractivity contribution >= 4 is 68.5 Å². The van der Waals surface area contributed by atoms with Crippen LogP contribution >= 0.6 is 24.0 Å². The number of hydrogen-bond acceptors (Lipinski definition) is 6. The monoisotopic (exact) mass is 541 g/mol. The van der Waals surface area contributed by atoms with Gasteiger partial charge in [0.25, 0.3) is 5.91 Å². The molecule has 6 rings (SSSR count). The van der Waals surface area contributed by atoms with Crippen molar-refractivity contribution in [3.63, 3.8) is 0 Å². The number of carbonyl (C=O) groups excluding carboxylic acids is 2. The van der Waals surface area contributed by atoms with Crippen LogP contribution in [0.2, 0.25) is 0 Å². The number of carbonyl (C=O) groups is 2. The Morgan fingerprint density at radius 2 is 1.89 bits per heavy atom. The van der Waals surface area contributed by atoms with Crippen molar-refractivity contribution in [1.29, 1.82) is 0 Å². The quantitative estimate of drug-likeness (QED) is 0.246. The molecule has 2 aliphatic rings. The first kappa shape index (κ1) is 24.3. The topological polar surface area (TPSA) is 72.8 Å². The second kappa shape index (κ2) is 9.66. The number of para-hydroxylation sites is 1. The molecule has 1 N–H and O–H groups in total. The maximum atomic E-state index is 13.4. The van der Waals surface area contributed by atoms with E-state index < -0.39 is 0 Å². The lowest BCUT2D eigenvalue weighted by Crippen LogP contribution is -2.28. The normalized spacial score (nSPS) is 15.6. The zero-order valence-corrected chi connectivity index (χ0v) is 22.3. The molecule has 0 spiro atoms. The number of aromatic nitrogens is 1. The van der Waals surface area contributed by atoms with Crippen LogP contribution in [0.3, 0.4) is 0 Å². The molecule has 9 heteroatoms. The zero-order valence-electron chi connectivity index (χ0n) is 20.7. The van der Waals surface area contributed by atoms with Gasteiger partial charge in [-0.3, -0.25) is 14.5 Å². The van der Waals surface area contributed by atoms with Crippen molar-refractivity contribution in [2.75, 3.05) is 17.0 Å². The van der Waals surface area contributed by atoms with Gasteiger partial charge in [-0.1, -0.05) is 59.9 Å². The van der Waals surface area contributed by atoms with E-state index in [0.29, 0.717) is 26.4 Å². The first-order valence-electron chi connectivity index (χ1n) is 12.0. The first-order valence-corrected chi connectivity index (χ1v) is 13.2. The number of anilines is 2. The number of thioether (sulfide) groups is 1. The molecule has 0 unspecified atom stereocenters. The van der Waals surface area contributed by atoms with Crippen LogP contribution in [0.1, 0.15) is 16.7 Å². The van der Waals surface area contributed by atoms with Gasteiger partial charge in [-0.25, -0.2) is 0 Å². The van der Waals surface area contributed by atoms with Gasteiger partial charge >= 0.3 is 0 Å². The van der Waals surface area contributed by atoms with Crippen molar-refractivity contribution in [1.82, 2.24) is 4.57 Å². The molecule has 1 saturated heterocycles. The maximum absolute atomic E-state index is 13.4. The van der Waals surface area contributed by atoms with Crippen molar-refractivity contribution in [3.8, 4) is 11.5 Å². The van der Waals surface area contributed by atoms with Crippen molar-refractivity contribution in [2.24, 2.45) is 0 Å². The van der Waals surface area contributed by atoms with Gasteiger partial charge in [0.2, 0.25) is 12.7 Å². The molecule has 0 radical (unpaired) electrons. The fourth-order valence-electron chi connectivity index (χ4n) is 4.72. The average Bonchev–Trinajstić information content (AvgIpc) is 3.56. The molecule has 190 valence electrons. The second-order valence-electron chi connectivity index (χ2n) is 9.15. The van der Waals surface area contributed by atoms with E-state index in [4.69, 9.17) is 21.7 Å². The Morgan fingerprint density at radius 3 is 2.74 bits per heavy atom. The Kier molecular flexibility index (Phi) is 6.17. The third-order valence-corrected chi connectivity index (χ3v) is 7.77. The summed E-state index contributed by atoms with van der Waals surface area (Å²) in [6.07, 6.45) is 3.75. The van der Waals surface area contributed by atoms with E-state index in [1.807, 2.05) is 73.2 Å². The minimum absolute atomic E-state index is 0.103. The van der Waals surface area contributed by atoms with Crippen LogP contribution in [0.25, 0.3) is 17.0 Å². The SMILES string of the molecule is Cc1ccc(N2C(=O)/C(=C\c3cn(CC(=O)Nc4ccc5c(c4)OCO5)c4ccccc34)SC2=S)c(C)c1. The molecule has 1 fully saturated rings. The highest BCUT2D eigenvalue weighted by molar-refractivity contribution is 8.27. The Balaban J connectivity index is 1.27. The summed E-state index contributed by atoms with van der Waals surface area (Å²) in [5, 5.41) is 3.87. The molecule has 0 atom stereocenters. The van der Waals surface area contributed by atoms with Gasteiger partial charge in [-0.2, -0.15) is 0 Å². The van der Waals surface area contributed by atoms with E-state index in [1.165, 1.54) is 11.8 Å². The maximum Gasteiger partial charge on any atom is 0.270 e. The van der Waals surface area contributed by atoms with Crippen LogP contribution in [0.15, 0.2) is 71.8 Å². The molecule has 0 bridgehead atoms. The Bertz CT molecular complexity index is 1670. The molecular formula is C29H23N3O4S2. The van der Waals surface area contributed by atoms with Crippen molar-refractivity contribution in [2.45, 2.75) is 20.4 Å². The summed E-state index contributed by atoms with van der Waals surface area (Å²) in [7, 11) is 0. The molecule has 3 heterocycles. The fraction of sp³-hybridized carbons (Fsp3) is 0.138. The number of thiocarbonyl (C=S) groups is 1. The van der Waals surface area contributed by atoms with Gasteiger partial charge in [0, 0.05) is 34.4 Å². The highest BCUT2D eigenvalue weighted by atomic mass is 32.2. The second-order valence-corrected chi connectivity index (χ2v) is 10.8. The molecule has 0 aliphatic carbocycles. The van der Waals surface area contributed by atoms with Crippen LogP contribution < -0.4 is 19.7 Å². The number of hydrogen-bond donors (Lipinski definition) is 1. The molecule has 2 aliphatic heterocycles. The van der Waals surface area contributed by atoms with Crippen molar-refractivity contribution in [3.05, 3.63) is 88.5 Å². The lowest BCUT2D eigenvalue weighted by atomic mass is 10.1. The number of rotatable bonds is 5. The van der Waals surface area contributed by atoms with Gasteiger partial charge < -0.3 is 19.4 Å². The molecule has 0 saturated carbocycles. The lowest BCUT2D eigenvalue weighted by molar-refractivity contribution is -0.116. The molecule has 38 heavy (non-hydrogen) atoms. The molecular weight excluding hydrogens is 518 g/mol. The van der Waals surface area contributed by atoms with Crippen LogP contribution in [0, 0.1) is 13.8 Å². The standard InChI is InChI=1S/C29H23N3O4S2/c1-17-7-9-22(18(2)11-17)32-28(34)26(38-29(32)37)12-19-14-31(23-6-4-3-5-21(19)23)15-27(33)30-20-8-10-24-25(13-20)36-16-35-24/h3-14H,15-16H2,1-2H3,(H,30,33)/b26-12+. The zero-order chi connectivity index (χ0) is 26.4. The van der Waals surface area contributed by atoms with Crippen LogP contribution in [-0.4, -0.2) is 27.5 Å². The Labute approximate surface area is 229 Å². The van der Waals surface area contributed by atoms with Gasteiger partial charge in [-0.05, 0) is 49.8 Å². The molecule has 7 nitrogen and oxygen atoms in total. The smallest absolute Gasteiger partial charge is 0.270 e. The van der Waals surface area contributed by atoms with E-state index in [2.05, 4.69) is 5.32 Å². The number of aryl methyl sites for hydroxylation is 2. The minimum Gasteiger partial charge on any atom is -0.454 e. The largest absolute Gasteiger partial charge is 0.454 e. The van der Waals surface area contributed by atoms with Crippen LogP contribution in [-0.2, 0) is 16.1 Å². The highest BCUT2D eigenvalue weighted by Crippen LogP contribution is 2.38. The summed E-state index contributed by atoms with van der Waals surface area (Å²) in [5.74, 6) is 0.934. The van der Waals surface area contributed by atoms with Gasteiger partial charge in [0.1, 0.15) is 6.54 Å². The highest BCUT2D eigenvalue weighted by Gasteiger charge is 2.34. The molecule has 1 aromatic heterocycles. The number of amides is 2. The predicted molar refractivity (Wildman–Crippen MR) is 155 cm³/mol. The summed E-state index contributed by atoms with van der Waals surface area (Å²) in [6.45, 7) is 4.28. The number of nitrogens with zero attached hydrogens (tertiary/aromatic N) is 2. The number of nitrogens with one attached hydrogen (secondary N) is 1. The van der Waals surface area contributed by atoms with Gasteiger partial charge in [-0.15, -0.1) is 0 Å². The third-order valence-electron chi connectivity index (χ3n) is 6.46. The van der Waals surface area contributed by atoms with E-state index >= 15 is 0 Å².